The van der Waals surface area contributed by atoms with Crippen molar-refractivity contribution in [3.8, 4) is 0 Å². The maximum absolute atomic E-state index is 12.7. The summed E-state index contributed by atoms with van der Waals surface area (Å²) < 4.78 is 0. The van der Waals surface area contributed by atoms with Crippen molar-refractivity contribution in [1.29, 1.82) is 0 Å². The lowest BCUT2D eigenvalue weighted by molar-refractivity contribution is 0.0963. The molecule has 1 aliphatic carbocycles. The lowest BCUT2D eigenvalue weighted by Gasteiger charge is -2.22. The molecule has 0 spiro atoms. The van der Waals surface area contributed by atoms with Gasteiger partial charge >= 0.3 is 0 Å². The number of ketones is 1. The van der Waals surface area contributed by atoms with Crippen molar-refractivity contribution < 1.29 is 4.79 Å². The zero-order chi connectivity index (χ0) is 17.1. The third-order valence-electron chi connectivity index (χ3n) is 5.44. The predicted molar refractivity (Wildman–Crippen MR) is 98.9 cm³/mol. The van der Waals surface area contributed by atoms with Crippen LogP contribution in [0.15, 0.2) is 30.3 Å². The summed E-state index contributed by atoms with van der Waals surface area (Å²) in [5.74, 6) is 0.604. The predicted octanol–water partition coefficient (Wildman–Crippen LogP) is 4.12. The number of H-pyrrole nitrogens is 1. The Morgan fingerprint density at radius 1 is 1.12 bits per heavy atom. The van der Waals surface area contributed by atoms with Crippen molar-refractivity contribution in [3.05, 3.63) is 58.4 Å². The molecule has 0 saturated carbocycles. The van der Waals surface area contributed by atoms with Crippen LogP contribution < -0.4 is 0 Å². The summed E-state index contributed by atoms with van der Waals surface area (Å²) in [4.78, 5) is 18.7. The molecule has 1 aliphatic rings. The van der Waals surface area contributed by atoms with Gasteiger partial charge in [0.25, 0.3) is 0 Å². The molecule has 3 rings (SSSR count). The zero-order valence-electron chi connectivity index (χ0n) is 15.1. The lowest BCUT2D eigenvalue weighted by atomic mass is 9.81. The number of fused-ring (bicyclic) bond motifs is 1. The van der Waals surface area contributed by atoms with Crippen LogP contribution >= 0.6 is 0 Å². The van der Waals surface area contributed by atoms with Crippen LogP contribution in [-0.4, -0.2) is 35.3 Å². The monoisotopic (exact) mass is 324 g/mol. The molecule has 1 atom stereocenters. The normalized spacial score (nSPS) is 17.3. The molecule has 1 N–H and O–H groups in total. The number of rotatable bonds is 6. The van der Waals surface area contributed by atoms with E-state index < -0.39 is 0 Å². The number of aromatic nitrogens is 1. The fourth-order valence-electron chi connectivity index (χ4n) is 3.91. The van der Waals surface area contributed by atoms with E-state index >= 15 is 0 Å². The van der Waals surface area contributed by atoms with Gasteiger partial charge in [0.1, 0.15) is 0 Å². The van der Waals surface area contributed by atoms with E-state index in [0.717, 1.165) is 43.7 Å². The van der Waals surface area contributed by atoms with Crippen molar-refractivity contribution in [2.45, 2.75) is 46.0 Å². The van der Waals surface area contributed by atoms with Crippen molar-refractivity contribution >= 4 is 5.78 Å². The molecular formula is C21H28N2O. The summed E-state index contributed by atoms with van der Waals surface area (Å²) in [5.41, 5.74) is 5.81. The number of nitrogens with zero attached hydrogens (tertiary/aromatic N) is 1. The van der Waals surface area contributed by atoms with Crippen LogP contribution in [0.1, 0.15) is 59.1 Å². The Bertz CT molecular complexity index is 698. The van der Waals surface area contributed by atoms with Crippen molar-refractivity contribution in [1.82, 2.24) is 9.88 Å². The molecule has 0 fully saturated rings. The standard InChI is InChI=1S/C21H28N2O/c1-4-23(5-2)12-11-18-15(3)21-19(22-18)13-17(14-20(21)24)16-9-7-6-8-10-16/h6-10,17,22H,4-5,11-14H2,1-3H3. The first kappa shape index (κ1) is 17.0. The summed E-state index contributed by atoms with van der Waals surface area (Å²) in [6.07, 6.45) is 2.56. The number of hydrogen-bond donors (Lipinski definition) is 1. The van der Waals surface area contributed by atoms with E-state index in [1.807, 2.05) is 6.07 Å². The summed E-state index contributed by atoms with van der Waals surface area (Å²) >= 11 is 0. The first-order chi connectivity index (χ1) is 11.6. The summed E-state index contributed by atoms with van der Waals surface area (Å²) in [7, 11) is 0. The van der Waals surface area contributed by atoms with E-state index in [1.165, 1.54) is 16.8 Å². The second kappa shape index (κ2) is 7.35. The number of Topliss-reactive ketones (excluding diaryl/α,β-unsaturated/α-hetero) is 1. The molecule has 0 saturated heterocycles. The van der Waals surface area contributed by atoms with Crippen molar-refractivity contribution in [2.24, 2.45) is 0 Å². The summed E-state index contributed by atoms with van der Waals surface area (Å²) in [6, 6.07) is 10.4. The zero-order valence-corrected chi connectivity index (χ0v) is 15.1. The Kier molecular flexibility index (Phi) is 5.20. The highest BCUT2D eigenvalue weighted by Gasteiger charge is 2.30. The van der Waals surface area contributed by atoms with Gasteiger partial charge in [-0.05, 0) is 43.5 Å². The Balaban J connectivity index is 1.80. The molecule has 0 radical (unpaired) electrons. The molecule has 1 aromatic carbocycles. The SMILES string of the molecule is CCN(CC)CCc1[nH]c2c(c1C)C(=O)CC(c1ccccc1)C2. The molecule has 1 aromatic heterocycles. The van der Waals surface area contributed by atoms with Gasteiger partial charge in [0.15, 0.2) is 5.78 Å². The summed E-state index contributed by atoms with van der Waals surface area (Å²) in [5, 5.41) is 0. The molecule has 0 amide bonds. The van der Waals surface area contributed by atoms with E-state index in [-0.39, 0.29) is 0 Å². The van der Waals surface area contributed by atoms with Gasteiger partial charge in [-0.15, -0.1) is 0 Å². The smallest absolute Gasteiger partial charge is 0.165 e. The maximum atomic E-state index is 12.7. The molecule has 3 heteroatoms. The Morgan fingerprint density at radius 2 is 1.83 bits per heavy atom. The lowest BCUT2D eigenvalue weighted by Crippen LogP contribution is -2.25. The number of carbonyl (C=O) groups excluding carboxylic acids is 1. The van der Waals surface area contributed by atoms with E-state index in [0.29, 0.717) is 18.1 Å². The van der Waals surface area contributed by atoms with Gasteiger partial charge in [0, 0.05) is 36.3 Å². The minimum absolute atomic E-state index is 0.299. The topological polar surface area (TPSA) is 36.1 Å². The molecule has 0 aliphatic heterocycles. The maximum Gasteiger partial charge on any atom is 0.165 e. The minimum atomic E-state index is 0.299. The van der Waals surface area contributed by atoms with Crippen LogP contribution in [-0.2, 0) is 12.8 Å². The molecule has 24 heavy (non-hydrogen) atoms. The number of nitrogens with one attached hydrogen (secondary N) is 1. The van der Waals surface area contributed by atoms with E-state index in [2.05, 4.69) is 54.9 Å². The molecule has 1 unspecified atom stereocenters. The first-order valence-corrected chi connectivity index (χ1v) is 9.14. The Labute approximate surface area is 145 Å². The molecule has 2 aromatic rings. The van der Waals surface area contributed by atoms with Gasteiger partial charge in [-0.2, -0.15) is 0 Å². The van der Waals surface area contributed by atoms with Crippen LogP contribution in [0.3, 0.4) is 0 Å². The average molecular weight is 324 g/mol. The quantitative estimate of drug-likeness (QED) is 0.867. The van der Waals surface area contributed by atoms with Crippen LogP contribution in [0.4, 0.5) is 0 Å². The second-order valence-corrected chi connectivity index (χ2v) is 6.80. The van der Waals surface area contributed by atoms with Gasteiger partial charge in [0.05, 0.1) is 0 Å². The fraction of sp³-hybridized carbons (Fsp3) is 0.476. The molecule has 0 bridgehead atoms. The first-order valence-electron chi connectivity index (χ1n) is 9.14. The summed E-state index contributed by atoms with van der Waals surface area (Å²) in [6.45, 7) is 9.70. The number of aromatic amines is 1. The van der Waals surface area contributed by atoms with Gasteiger partial charge < -0.3 is 9.88 Å². The fourth-order valence-corrected chi connectivity index (χ4v) is 3.91. The van der Waals surface area contributed by atoms with Crippen LogP contribution in [0, 0.1) is 6.92 Å². The van der Waals surface area contributed by atoms with Crippen LogP contribution in [0.2, 0.25) is 0 Å². The van der Waals surface area contributed by atoms with E-state index in [9.17, 15) is 4.79 Å². The molecule has 1 heterocycles. The highest BCUT2D eigenvalue weighted by Crippen LogP contribution is 2.35. The van der Waals surface area contributed by atoms with Crippen molar-refractivity contribution in [2.75, 3.05) is 19.6 Å². The molecular weight excluding hydrogens is 296 g/mol. The number of likely N-dealkylation sites (N-methyl/N-ethyl adjacent to an activating group) is 1. The highest BCUT2D eigenvalue weighted by atomic mass is 16.1. The minimum Gasteiger partial charge on any atom is -0.361 e. The average Bonchev–Trinajstić information content (AvgIpc) is 2.93. The van der Waals surface area contributed by atoms with E-state index in [4.69, 9.17) is 0 Å². The molecule has 3 nitrogen and oxygen atoms in total. The number of hydrogen-bond acceptors (Lipinski definition) is 2. The number of benzene rings is 1. The second-order valence-electron chi connectivity index (χ2n) is 6.80. The van der Waals surface area contributed by atoms with Crippen LogP contribution in [0.5, 0.6) is 0 Å². The van der Waals surface area contributed by atoms with Crippen LogP contribution in [0.25, 0.3) is 0 Å². The van der Waals surface area contributed by atoms with E-state index in [1.54, 1.807) is 0 Å². The Morgan fingerprint density at radius 3 is 2.50 bits per heavy atom. The third-order valence-corrected chi connectivity index (χ3v) is 5.44. The van der Waals surface area contributed by atoms with Gasteiger partial charge in [0.2, 0.25) is 0 Å². The number of carbonyl (C=O) groups is 1. The van der Waals surface area contributed by atoms with Gasteiger partial charge in [-0.1, -0.05) is 44.2 Å². The molecule has 128 valence electrons. The van der Waals surface area contributed by atoms with Gasteiger partial charge in [-0.25, -0.2) is 0 Å². The largest absolute Gasteiger partial charge is 0.361 e. The Hall–Kier alpha value is -1.87. The van der Waals surface area contributed by atoms with Gasteiger partial charge in [-0.3, -0.25) is 4.79 Å². The van der Waals surface area contributed by atoms with Crippen molar-refractivity contribution in [3.63, 3.8) is 0 Å². The third kappa shape index (κ3) is 3.32. The highest BCUT2D eigenvalue weighted by molar-refractivity contribution is 6.00.